The van der Waals surface area contributed by atoms with Crippen LogP contribution in [0.4, 0.5) is 0 Å². The monoisotopic (exact) mass is 342 g/mol. The van der Waals surface area contributed by atoms with Crippen molar-refractivity contribution in [2.75, 3.05) is 0 Å². The normalized spacial score (nSPS) is 22.7. The van der Waals surface area contributed by atoms with Gasteiger partial charge in [-0.3, -0.25) is 0 Å². The van der Waals surface area contributed by atoms with E-state index < -0.39 is 9.23 Å². The van der Waals surface area contributed by atoms with Crippen LogP contribution in [0, 0.1) is 0 Å². The van der Waals surface area contributed by atoms with Gasteiger partial charge in [0.25, 0.3) is 0 Å². The standard InChI is InChI=1S/C8H8Br2Se/c9-11(10)5-7-3-1-2-4-8(7)6-11/h1-4H,5-6H2. The van der Waals surface area contributed by atoms with Crippen molar-refractivity contribution in [3.63, 3.8) is 0 Å². The Morgan fingerprint density at radius 3 is 1.91 bits per heavy atom. The van der Waals surface area contributed by atoms with Crippen LogP contribution in [-0.2, 0) is 10.6 Å². The van der Waals surface area contributed by atoms with Gasteiger partial charge in [0.15, 0.2) is 0 Å². The molecule has 0 bridgehead atoms. The Morgan fingerprint density at radius 2 is 1.45 bits per heavy atom. The molecule has 0 fully saturated rings. The Kier molecular flexibility index (Phi) is 2.17. The fourth-order valence-electron chi connectivity index (χ4n) is 1.35. The molecule has 0 aromatic heterocycles. The SMILES string of the molecule is Br[Se]1(Br)Cc2ccccc2C1. The van der Waals surface area contributed by atoms with Crippen LogP contribution in [0.15, 0.2) is 24.3 Å². The third-order valence-corrected chi connectivity index (χ3v) is 9.69. The molecule has 1 aromatic carbocycles. The summed E-state index contributed by atoms with van der Waals surface area (Å²) < 4.78 is 0. The quantitative estimate of drug-likeness (QED) is 0.636. The summed E-state index contributed by atoms with van der Waals surface area (Å²) in [6.45, 7) is 0. The summed E-state index contributed by atoms with van der Waals surface area (Å²) >= 11 is 7.59. The summed E-state index contributed by atoms with van der Waals surface area (Å²) in [6.07, 6.45) is 0. The molecule has 11 heavy (non-hydrogen) atoms. The Balaban J connectivity index is 2.41. The molecule has 0 amide bonds. The third-order valence-electron chi connectivity index (χ3n) is 1.85. The van der Waals surface area contributed by atoms with E-state index in [1.54, 1.807) is 0 Å². The molecule has 0 saturated carbocycles. The van der Waals surface area contributed by atoms with Crippen molar-refractivity contribution in [1.82, 2.24) is 0 Å². The number of fused-ring (bicyclic) bond motifs is 1. The molecular formula is C8H8Br2Se. The summed E-state index contributed by atoms with van der Waals surface area (Å²) in [5.41, 5.74) is 3.06. The molecule has 0 saturated heterocycles. The molecule has 1 heterocycles. The Hall–Kier alpha value is 0.699. The van der Waals surface area contributed by atoms with E-state index in [2.05, 4.69) is 52.5 Å². The zero-order valence-corrected chi connectivity index (χ0v) is 10.8. The molecule has 1 aliphatic heterocycles. The minimum atomic E-state index is -1.39. The van der Waals surface area contributed by atoms with E-state index in [1.807, 2.05) is 0 Å². The molecule has 0 atom stereocenters. The predicted molar refractivity (Wildman–Crippen MR) is 57.5 cm³/mol. The van der Waals surface area contributed by atoms with Gasteiger partial charge in [-0.15, -0.1) is 0 Å². The second kappa shape index (κ2) is 2.88. The van der Waals surface area contributed by atoms with Crippen molar-refractivity contribution in [2.45, 2.75) is 10.6 Å². The maximum absolute atomic E-state index is 3.80. The van der Waals surface area contributed by atoms with E-state index in [0.717, 1.165) is 0 Å². The molecule has 60 valence electrons. The Bertz CT molecular complexity index is 256. The molecule has 2 rings (SSSR count). The Labute approximate surface area is 83.0 Å². The first-order valence-corrected chi connectivity index (χ1v) is 13.9. The van der Waals surface area contributed by atoms with Gasteiger partial charge in [-0.1, -0.05) is 0 Å². The fraction of sp³-hybridized carbons (Fsp3) is 0.250. The van der Waals surface area contributed by atoms with Crippen LogP contribution in [0.2, 0.25) is 0 Å². The second-order valence-electron chi connectivity index (χ2n) is 2.76. The van der Waals surface area contributed by atoms with Gasteiger partial charge >= 0.3 is 83.5 Å². The molecule has 1 aliphatic rings. The van der Waals surface area contributed by atoms with Gasteiger partial charge in [0.2, 0.25) is 0 Å². The number of halogens is 2. The van der Waals surface area contributed by atoms with Gasteiger partial charge in [-0.2, -0.15) is 0 Å². The molecule has 0 N–H and O–H groups in total. The molecule has 0 nitrogen and oxygen atoms in total. The zero-order chi connectivity index (χ0) is 7.90. The van der Waals surface area contributed by atoms with Gasteiger partial charge < -0.3 is 0 Å². The molecular weight excluding hydrogens is 335 g/mol. The first kappa shape index (κ1) is 8.30. The van der Waals surface area contributed by atoms with E-state index in [4.69, 9.17) is 0 Å². The van der Waals surface area contributed by atoms with E-state index >= 15 is 0 Å². The van der Waals surface area contributed by atoms with Crippen LogP contribution in [0.1, 0.15) is 11.1 Å². The summed E-state index contributed by atoms with van der Waals surface area (Å²) in [5, 5.41) is 2.49. The van der Waals surface area contributed by atoms with Gasteiger partial charge in [0.1, 0.15) is 0 Å². The minimum absolute atomic E-state index is 1.24. The summed E-state index contributed by atoms with van der Waals surface area (Å²) in [5.74, 6) is 0. The molecule has 0 radical (unpaired) electrons. The number of hydrogen-bond donors (Lipinski definition) is 0. The third kappa shape index (κ3) is 1.72. The molecule has 0 unspecified atom stereocenters. The van der Waals surface area contributed by atoms with Crippen molar-refractivity contribution >= 4 is 37.4 Å². The number of hydrogen-bond acceptors (Lipinski definition) is 0. The second-order valence-corrected chi connectivity index (χ2v) is 24.3. The van der Waals surface area contributed by atoms with Crippen LogP contribution >= 0.6 is 28.2 Å². The van der Waals surface area contributed by atoms with Crippen LogP contribution in [0.3, 0.4) is 0 Å². The Morgan fingerprint density at radius 1 is 1.00 bits per heavy atom. The molecule has 3 heteroatoms. The first-order chi connectivity index (χ1) is 5.17. The predicted octanol–water partition coefficient (Wildman–Crippen LogP) is 3.10. The van der Waals surface area contributed by atoms with Crippen molar-refractivity contribution in [2.24, 2.45) is 0 Å². The summed E-state index contributed by atoms with van der Waals surface area (Å²) in [6, 6.07) is 8.71. The van der Waals surface area contributed by atoms with E-state index in [-0.39, 0.29) is 0 Å². The summed E-state index contributed by atoms with van der Waals surface area (Å²) in [4.78, 5) is 0. The van der Waals surface area contributed by atoms with Crippen LogP contribution in [-0.4, -0.2) is 9.23 Å². The molecule has 1 aromatic rings. The van der Waals surface area contributed by atoms with Crippen molar-refractivity contribution in [3.05, 3.63) is 35.4 Å². The summed E-state index contributed by atoms with van der Waals surface area (Å²) in [7, 11) is -1.39. The number of benzene rings is 1. The first-order valence-electron chi connectivity index (χ1n) is 3.42. The van der Waals surface area contributed by atoms with Crippen molar-refractivity contribution < 1.29 is 0 Å². The maximum atomic E-state index is 3.80. The van der Waals surface area contributed by atoms with Crippen molar-refractivity contribution in [3.8, 4) is 0 Å². The zero-order valence-electron chi connectivity index (χ0n) is 5.89. The molecule has 0 aliphatic carbocycles. The van der Waals surface area contributed by atoms with E-state index in [0.29, 0.717) is 0 Å². The van der Waals surface area contributed by atoms with Gasteiger partial charge in [-0.25, -0.2) is 0 Å². The van der Waals surface area contributed by atoms with Gasteiger partial charge in [0, 0.05) is 0 Å². The fourth-order valence-corrected chi connectivity index (χ4v) is 9.78. The van der Waals surface area contributed by atoms with E-state index in [9.17, 15) is 0 Å². The average Bonchev–Trinajstić information content (AvgIpc) is 2.21. The van der Waals surface area contributed by atoms with Crippen molar-refractivity contribution in [1.29, 1.82) is 0 Å². The van der Waals surface area contributed by atoms with E-state index in [1.165, 1.54) is 21.8 Å². The molecule has 0 spiro atoms. The van der Waals surface area contributed by atoms with Crippen LogP contribution in [0.25, 0.3) is 0 Å². The average molecular weight is 343 g/mol. The topological polar surface area (TPSA) is 0 Å². The van der Waals surface area contributed by atoms with Crippen LogP contribution in [0.5, 0.6) is 0 Å². The van der Waals surface area contributed by atoms with Gasteiger partial charge in [0.05, 0.1) is 0 Å². The van der Waals surface area contributed by atoms with Crippen LogP contribution < -0.4 is 0 Å². The number of rotatable bonds is 0. The van der Waals surface area contributed by atoms with Gasteiger partial charge in [-0.05, 0) is 0 Å².